The lowest BCUT2D eigenvalue weighted by Gasteiger charge is -2.12. The number of nitro groups is 1. The van der Waals surface area contributed by atoms with E-state index in [9.17, 15) is 24.5 Å². The number of nitro benzene ring substituents is 1. The van der Waals surface area contributed by atoms with Gasteiger partial charge >= 0.3 is 0 Å². The SMILES string of the molecule is O=C(CN1C(=O)S/C(=C/c2ccccc2OCCOc2ccccc2)C1=O)c1ccc([N+](=O)[O-])cc1. The molecule has 3 aromatic carbocycles. The number of hydrogen-bond acceptors (Lipinski definition) is 8. The van der Waals surface area contributed by atoms with Crippen molar-refractivity contribution in [3.05, 3.63) is 105 Å². The molecular formula is C26H20N2O7S. The Kier molecular flexibility index (Phi) is 7.76. The summed E-state index contributed by atoms with van der Waals surface area (Å²) in [6.45, 7) is 0.124. The molecule has 0 spiro atoms. The maximum atomic E-state index is 12.9. The average Bonchev–Trinajstić information content (AvgIpc) is 3.15. The average molecular weight is 505 g/mol. The summed E-state index contributed by atoms with van der Waals surface area (Å²) < 4.78 is 11.4. The van der Waals surface area contributed by atoms with Crippen LogP contribution < -0.4 is 9.47 Å². The van der Waals surface area contributed by atoms with Crippen LogP contribution in [0.25, 0.3) is 6.08 Å². The van der Waals surface area contributed by atoms with E-state index in [2.05, 4.69) is 0 Å². The molecular weight excluding hydrogens is 484 g/mol. The largest absolute Gasteiger partial charge is 0.490 e. The van der Waals surface area contributed by atoms with Crippen LogP contribution in [0.1, 0.15) is 15.9 Å². The number of amides is 2. The maximum absolute atomic E-state index is 12.9. The fraction of sp³-hybridized carbons (Fsp3) is 0.115. The van der Waals surface area contributed by atoms with E-state index in [1.165, 1.54) is 24.3 Å². The highest BCUT2D eigenvalue weighted by Crippen LogP contribution is 2.34. The van der Waals surface area contributed by atoms with Crippen LogP contribution in [0.15, 0.2) is 83.8 Å². The third-order valence-electron chi connectivity index (χ3n) is 5.13. The Morgan fingerprint density at radius 2 is 1.58 bits per heavy atom. The Morgan fingerprint density at radius 3 is 2.31 bits per heavy atom. The number of rotatable bonds is 10. The van der Waals surface area contributed by atoms with Crippen molar-refractivity contribution in [3.8, 4) is 11.5 Å². The van der Waals surface area contributed by atoms with Crippen molar-refractivity contribution in [2.45, 2.75) is 0 Å². The van der Waals surface area contributed by atoms with E-state index in [1.807, 2.05) is 30.3 Å². The summed E-state index contributed by atoms with van der Waals surface area (Å²) in [7, 11) is 0. The van der Waals surface area contributed by atoms with Crippen molar-refractivity contribution in [1.82, 2.24) is 4.90 Å². The number of hydrogen-bond donors (Lipinski definition) is 0. The Morgan fingerprint density at radius 1 is 0.917 bits per heavy atom. The molecule has 0 saturated carbocycles. The Hall–Kier alpha value is -4.44. The first-order valence-corrected chi connectivity index (χ1v) is 11.7. The van der Waals surface area contributed by atoms with Crippen LogP contribution in [-0.4, -0.2) is 46.5 Å². The molecule has 3 aromatic rings. The summed E-state index contributed by atoms with van der Waals surface area (Å²) in [6, 6.07) is 21.4. The molecule has 9 nitrogen and oxygen atoms in total. The van der Waals surface area contributed by atoms with Gasteiger partial charge in [-0.15, -0.1) is 0 Å². The first-order chi connectivity index (χ1) is 17.4. The number of benzene rings is 3. The highest BCUT2D eigenvalue weighted by atomic mass is 32.2. The predicted molar refractivity (Wildman–Crippen MR) is 134 cm³/mol. The van der Waals surface area contributed by atoms with E-state index in [1.54, 1.807) is 30.3 Å². The summed E-state index contributed by atoms with van der Waals surface area (Å²) in [6.07, 6.45) is 1.55. The Labute approximate surface area is 210 Å². The van der Waals surface area contributed by atoms with Gasteiger partial charge in [0.15, 0.2) is 5.78 Å². The standard InChI is InChI=1S/C26H20N2O7S/c29-22(18-10-12-20(13-11-18)28(32)33)17-27-25(30)24(36-26(27)31)16-19-6-4-5-9-23(19)35-15-14-34-21-7-2-1-3-8-21/h1-13,16H,14-15,17H2/b24-16+. The number of para-hydroxylation sites is 2. The Balaban J connectivity index is 1.40. The molecule has 0 bridgehead atoms. The van der Waals surface area contributed by atoms with Crippen LogP contribution in [0.2, 0.25) is 0 Å². The molecule has 0 unspecified atom stereocenters. The second-order valence-electron chi connectivity index (χ2n) is 7.54. The predicted octanol–water partition coefficient (Wildman–Crippen LogP) is 4.97. The fourth-order valence-electron chi connectivity index (χ4n) is 3.34. The van der Waals surface area contributed by atoms with Crippen LogP contribution in [0.3, 0.4) is 0 Å². The Bertz CT molecular complexity index is 1320. The molecule has 2 amide bonds. The number of Topliss-reactive ketones (excluding diaryl/α,β-unsaturated/α-hetero) is 1. The minimum absolute atomic E-state index is 0.159. The van der Waals surface area contributed by atoms with Gasteiger partial charge in [0.25, 0.3) is 16.8 Å². The monoisotopic (exact) mass is 504 g/mol. The summed E-state index contributed by atoms with van der Waals surface area (Å²) in [5.74, 6) is 0.146. The molecule has 1 saturated heterocycles. The van der Waals surface area contributed by atoms with Gasteiger partial charge in [-0.3, -0.25) is 29.4 Å². The molecule has 0 aromatic heterocycles. The van der Waals surface area contributed by atoms with Gasteiger partial charge < -0.3 is 9.47 Å². The molecule has 1 fully saturated rings. The molecule has 1 aliphatic rings. The van der Waals surface area contributed by atoms with E-state index < -0.39 is 28.4 Å². The zero-order valence-corrected chi connectivity index (χ0v) is 19.7. The van der Waals surface area contributed by atoms with Crippen LogP contribution in [0.5, 0.6) is 11.5 Å². The minimum atomic E-state index is -0.595. The zero-order valence-electron chi connectivity index (χ0n) is 18.9. The first-order valence-electron chi connectivity index (χ1n) is 10.8. The number of ketones is 1. The van der Waals surface area contributed by atoms with E-state index in [4.69, 9.17) is 9.47 Å². The second kappa shape index (κ2) is 11.3. The van der Waals surface area contributed by atoms with Gasteiger partial charge in [-0.05, 0) is 48.2 Å². The summed E-state index contributed by atoms with van der Waals surface area (Å²) in [5, 5.41) is 10.2. The molecule has 0 aliphatic carbocycles. The van der Waals surface area contributed by atoms with Gasteiger partial charge in [0.05, 0.1) is 16.4 Å². The lowest BCUT2D eigenvalue weighted by Crippen LogP contribution is -2.33. The zero-order chi connectivity index (χ0) is 25.5. The van der Waals surface area contributed by atoms with E-state index >= 15 is 0 Å². The lowest BCUT2D eigenvalue weighted by atomic mass is 10.1. The molecule has 182 valence electrons. The van der Waals surface area contributed by atoms with Crippen LogP contribution >= 0.6 is 11.8 Å². The smallest absolute Gasteiger partial charge is 0.293 e. The number of non-ortho nitro benzene ring substituents is 1. The molecule has 0 N–H and O–H groups in total. The van der Waals surface area contributed by atoms with Crippen molar-refractivity contribution in [2.24, 2.45) is 0 Å². The highest BCUT2D eigenvalue weighted by Gasteiger charge is 2.36. The first kappa shape index (κ1) is 24.7. The molecule has 36 heavy (non-hydrogen) atoms. The van der Waals surface area contributed by atoms with Crippen LogP contribution in [0, 0.1) is 10.1 Å². The number of carbonyl (C=O) groups is 3. The van der Waals surface area contributed by atoms with Gasteiger partial charge in [-0.1, -0.05) is 36.4 Å². The highest BCUT2D eigenvalue weighted by molar-refractivity contribution is 8.18. The third-order valence-corrected chi connectivity index (χ3v) is 6.04. The molecule has 4 rings (SSSR count). The molecule has 0 atom stereocenters. The number of thioether (sulfide) groups is 1. The normalized spacial score (nSPS) is 14.2. The summed E-state index contributed by atoms with van der Waals surface area (Å²) in [5.41, 5.74) is 0.609. The number of ether oxygens (including phenoxy) is 2. The van der Waals surface area contributed by atoms with Gasteiger partial charge in [0.1, 0.15) is 24.7 Å². The number of carbonyl (C=O) groups excluding carboxylic acids is 3. The lowest BCUT2D eigenvalue weighted by molar-refractivity contribution is -0.384. The number of imide groups is 1. The third kappa shape index (κ3) is 5.97. The van der Waals surface area contributed by atoms with Crippen LogP contribution in [-0.2, 0) is 4.79 Å². The van der Waals surface area contributed by atoms with Gasteiger partial charge in [0, 0.05) is 23.3 Å². The quantitative estimate of drug-likeness (QED) is 0.125. The van der Waals surface area contributed by atoms with E-state index in [0.29, 0.717) is 17.9 Å². The van der Waals surface area contributed by atoms with Crippen molar-refractivity contribution in [2.75, 3.05) is 19.8 Å². The molecule has 10 heteroatoms. The molecule has 0 radical (unpaired) electrons. The van der Waals surface area contributed by atoms with Crippen molar-refractivity contribution in [1.29, 1.82) is 0 Å². The molecule has 1 heterocycles. The molecule has 1 aliphatic heterocycles. The van der Waals surface area contributed by atoms with Gasteiger partial charge in [-0.25, -0.2) is 0 Å². The van der Waals surface area contributed by atoms with Crippen molar-refractivity contribution >= 4 is 40.5 Å². The summed E-state index contributed by atoms with van der Waals surface area (Å²) >= 11 is 0.731. The fourth-order valence-corrected chi connectivity index (χ4v) is 4.17. The summed E-state index contributed by atoms with van der Waals surface area (Å²) in [4.78, 5) is 49.1. The van der Waals surface area contributed by atoms with Gasteiger partial charge in [-0.2, -0.15) is 0 Å². The topological polar surface area (TPSA) is 116 Å². The van der Waals surface area contributed by atoms with Crippen molar-refractivity contribution < 1.29 is 28.8 Å². The maximum Gasteiger partial charge on any atom is 0.293 e. The van der Waals surface area contributed by atoms with Gasteiger partial charge in [0.2, 0.25) is 0 Å². The number of nitrogens with zero attached hydrogens (tertiary/aromatic N) is 2. The van der Waals surface area contributed by atoms with Crippen molar-refractivity contribution in [3.63, 3.8) is 0 Å². The second-order valence-corrected chi connectivity index (χ2v) is 8.54. The minimum Gasteiger partial charge on any atom is -0.490 e. The van der Waals surface area contributed by atoms with Crippen LogP contribution in [0.4, 0.5) is 10.5 Å². The van der Waals surface area contributed by atoms with E-state index in [0.717, 1.165) is 22.4 Å². The van der Waals surface area contributed by atoms with E-state index in [-0.39, 0.29) is 22.8 Å².